The SMILES string of the molecule is COc1cc(N2CCC3(CC2)OCCO3)ccc1Nc1nc(Nc2ccccc2S(=O)(=O)C(C)C)c2ccccc2n1. The van der Waals surface area contributed by atoms with E-state index in [2.05, 4.69) is 15.5 Å². The van der Waals surface area contributed by atoms with Gasteiger partial charge in [0.05, 0.1) is 47.4 Å². The number of nitrogens with zero attached hydrogens (tertiary/aromatic N) is 3. The quantitative estimate of drug-likeness (QED) is 0.267. The number of fused-ring (bicyclic) bond motifs is 1. The Morgan fingerprint density at radius 1 is 0.905 bits per heavy atom. The number of anilines is 5. The molecule has 0 saturated carbocycles. The van der Waals surface area contributed by atoms with Crippen LogP contribution in [-0.4, -0.2) is 62.8 Å². The fourth-order valence-corrected chi connectivity index (χ4v) is 6.62. The van der Waals surface area contributed by atoms with Crippen molar-refractivity contribution in [2.75, 3.05) is 48.9 Å². The third-order valence-corrected chi connectivity index (χ3v) is 10.0. The van der Waals surface area contributed by atoms with Gasteiger partial charge >= 0.3 is 0 Å². The van der Waals surface area contributed by atoms with Crippen molar-refractivity contribution >= 4 is 49.6 Å². The average molecular weight is 590 g/mol. The molecule has 0 bridgehead atoms. The summed E-state index contributed by atoms with van der Waals surface area (Å²) in [7, 11) is -1.89. The Kier molecular flexibility index (Phi) is 7.65. The molecule has 4 aromatic rings. The van der Waals surface area contributed by atoms with Gasteiger partial charge in [0.15, 0.2) is 15.6 Å². The Morgan fingerprint density at radius 2 is 1.62 bits per heavy atom. The Labute approximate surface area is 245 Å². The van der Waals surface area contributed by atoms with Gasteiger partial charge in [-0.3, -0.25) is 0 Å². The molecule has 11 heteroatoms. The molecule has 42 heavy (non-hydrogen) atoms. The molecule has 1 spiro atoms. The van der Waals surface area contributed by atoms with Crippen LogP contribution >= 0.6 is 0 Å². The lowest BCUT2D eigenvalue weighted by Gasteiger charge is -2.38. The van der Waals surface area contributed by atoms with Crippen LogP contribution in [-0.2, 0) is 19.3 Å². The number of hydrogen-bond donors (Lipinski definition) is 2. The molecule has 6 rings (SSSR count). The van der Waals surface area contributed by atoms with Crippen LogP contribution in [0.3, 0.4) is 0 Å². The third-order valence-electron chi connectivity index (χ3n) is 7.81. The molecule has 10 nitrogen and oxygen atoms in total. The van der Waals surface area contributed by atoms with Gasteiger partial charge in [0.1, 0.15) is 11.6 Å². The van der Waals surface area contributed by atoms with E-state index in [1.54, 1.807) is 45.2 Å². The standard InChI is InChI=1S/C31H35N5O5S/c1-21(2)42(37,38)28-11-7-6-10-26(28)32-29-23-8-4-5-9-24(23)33-30(35-29)34-25-13-12-22(20-27(25)39-3)36-16-14-31(15-17-36)40-18-19-41-31/h4-13,20-21H,14-19H2,1-3H3,(H2,32,33,34,35). The lowest BCUT2D eigenvalue weighted by Crippen LogP contribution is -2.45. The first kappa shape index (κ1) is 28.2. The molecule has 2 N–H and O–H groups in total. The van der Waals surface area contributed by atoms with Crippen LogP contribution in [0.1, 0.15) is 26.7 Å². The van der Waals surface area contributed by atoms with Crippen LogP contribution in [0.15, 0.2) is 71.6 Å². The van der Waals surface area contributed by atoms with Gasteiger partial charge in [0, 0.05) is 43.1 Å². The topological polar surface area (TPSA) is 115 Å². The predicted molar refractivity (Wildman–Crippen MR) is 164 cm³/mol. The summed E-state index contributed by atoms with van der Waals surface area (Å²) in [5.74, 6) is 1.06. The Bertz CT molecular complexity index is 1700. The highest BCUT2D eigenvalue weighted by molar-refractivity contribution is 7.92. The number of aromatic nitrogens is 2. The molecular weight excluding hydrogens is 554 g/mol. The van der Waals surface area contributed by atoms with Crippen molar-refractivity contribution in [3.8, 4) is 5.75 Å². The molecule has 3 heterocycles. The Morgan fingerprint density at radius 3 is 2.36 bits per heavy atom. The van der Waals surface area contributed by atoms with Crippen LogP contribution in [0.25, 0.3) is 10.9 Å². The van der Waals surface area contributed by atoms with Crippen LogP contribution in [0.2, 0.25) is 0 Å². The zero-order chi connectivity index (χ0) is 29.3. The van der Waals surface area contributed by atoms with Gasteiger partial charge in [-0.15, -0.1) is 0 Å². The van der Waals surface area contributed by atoms with Gasteiger partial charge in [-0.1, -0.05) is 24.3 Å². The molecule has 2 saturated heterocycles. The van der Waals surface area contributed by atoms with Gasteiger partial charge in [-0.25, -0.2) is 13.4 Å². The van der Waals surface area contributed by atoms with Crippen LogP contribution in [0.5, 0.6) is 5.75 Å². The second-order valence-corrected chi connectivity index (χ2v) is 13.2. The molecule has 0 amide bonds. The summed E-state index contributed by atoms with van der Waals surface area (Å²) in [4.78, 5) is 12.0. The fraction of sp³-hybridized carbons (Fsp3) is 0.355. The van der Waals surface area contributed by atoms with Crippen molar-refractivity contribution in [3.05, 3.63) is 66.7 Å². The third kappa shape index (κ3) is 5.47. The van der Waals surface area contributed by atoms with Crippen LogP contribution in [0.4, 0.5) is 28.8 Å². The molecule has 0 unspecified atom stereocenters. The molecule has 2 aliphatic heterocycles. The molecule has 0 radical (unpaired) electrons. The van der Waals surface area contributed by atoms with Gasteiger partial charge in [0.25, 0.3) is 0 Å². The normalized spacial score (nSPS) is 16.7. The van der Waals surface area contributed by atoms with E-state index in [9.17, 15) is 8.42 Å². The number of nitrogens with one attached hydrogen (secondary N) is 2. The second-order valence-electron chi connectivity index (χ2n) is 10.7. The van der Waals surface area contributed by atoms with E-state index in [1.807, 2.05) is 42.5 Å². The van der Waals surface area contributed by atoms with Crippen molar-refractivity contribution in [3.63, 3.8) is 0 Å². The zero-order valence-electron chi connectivity index (χ0n) is 24.0. The fourth-order valence-electron chi connectivity index (χ4n) is 5.42. The minimum atomic E-state index is -3.52. The minimum Gasteiger partial charge on any atom is -0.494 e. The number of hydrogen-bond acceptors (Lipinski definition) is 10. The van der Waals surface area contributed by atoms with E-state index < -0.39 is 20.9 Å². The number of para-hydroxylation sites is 2. The van der Waals surface area contributed by atoms with E-state index in [-0.39, 0.29) is 4.90 Å². The second kappa shape index (κ2) is 11.4. The van der Waals surface area contributed by atoms with Gasteiger partial charge in [-0.05, 0) is 50.2 Å². The lowest BCUT2D eigenvalue weighted by molar-refractivity contribution is -0.169. The first-order valence-electron chi connectivity index (χ1n) is 14.1. The number of piperidine rings is 1. The molecule has 3 aromatic carbocycles. The van der Waals surface area contributed by atoms with E-state index in [0.717, 1.165) is 37.0 Å². The van der Waals surface area contributed by atoms with Crippen molar-refractivity contribution in [2.45, 2.75) is 42.6 Å². The van der Waals surface area contributed by atoms with Crippen LogP contribution in [0, 0.1) is 0 Å². The maximum absolute atomic E-state index is 13.1. The summed E-state index contributed by atoms with van der Waals surface area (Å²) < 4.78 is 43.7. The number of rotatable bonds is 8. The summed E-state index contributed by atoms with van der Waals surface area (Å²) in [6, 6.07) is 20.5. The minimum absolute atomic E-state index is 0.226. The molecule has 0 atom stereocenters. The number of ether oxygens (including phenoxy) is 3. The number of sulfone groups is 1. The highest BCUT2D eigenvalue weighted by Crippen LogP contribution is 2.37. The highest BCUT2D eigenvalue weighted by Gasteiger charge is 2.39. The van der Waals surface area contributed by atoms with Crippen LogP contribution < -0.4 is 20.3 Å². The van der Waals surface area contributed by atoms with E-state index in [1.165, 1.54) is 0 Å². The monoisotopic (exact) mass is 589 g/mol. The number of methoxy groups -OCH3 is 1. The van der Waals surface area contributed by atoms with Gasteiger partial charge in [0.2, 0.25) is 5.95 Å². The Hall–Kier alpha value is -3.93. The summed E-state index contributed by atoms with van der Waals surface area (Å²) >= 11 is 0. The van der Waals surface area contributed by atoms with Gasteiger partial charge < -0.3 is 29.7 Å². The molecule has 1 aromatic heterocycles. The largest absolute Gasteiger partial charge is 0.494 e. The lowest BCUT2D eigenvalue weighted by atomic mass is 10.0. The summed E-state index contributed by atoms with van der Waals surface area (Å²) in [5, 5.41) is 6.79. The van der Waals surface area contributed by atoms with E-state index >= 15 is 0 Å². The molecule has 220 valence electrons. The van der Waals surface area contributed by atoms with Gasteiger partial charge in [-0.2, -0.15) is 4.98 Å². The molecule has 2 fully saturated rings. The van der Waals surface area contributed by atoms with E-state index in [4.69, 9.17) is 24.2 Å². The van der Waals surface area contributed by atoms with Crippen molar-refractivity contribution in [2.24, 2.45) is 0 Å². The summed E-state index contributed by atoms with van der Waals surface area (Å²) in [6.45, 7) is 6.32. The molecule has 0 aliphatic carbocycles. The maximum Gasteiger partial charge on any atom is 0.229 e. The average Bonchev–Trinajstić information content (AvgIpc) is 3.45. The first-order valence-corrected chi connectivity index (χ1v) is 15.7. The zero-order valence-corrected chi connectivity index (χ0v) is 24.8. The van der Waals surface area contributed by atoms with E-state index in [0.29, 0.717) is 47.6 Å². The molecule has 2 aliphatic rings. The van der Waals surface area contributed by atoms with Crippen molar-refractivity contribution < 1.29 is 22.6 Å². The van der Waals surface area contributed by atoms with Crippen molar-refractivity contribution in [1.82, 2.24) is 9.97 Å². The predicted octanol–water partition coefficient (Wildman–Crippen LogP) is 5.65. The van der Waals surface area contributed by atoms with Crippen molar-refractivity contribution in [1.29, 1.82) is 0 Å². The maximum atomic E-state index is 13.1. The summed E-state index contributed by atoms with van der Waals surface area (Å²) in [5.41, 5.74) is 2.92. The summed E-state index contributed by atoms with van der Waals surface area (Å²) in [6.07, 6.45) is 1.63. The Balaban J connectivity index is 1.29. The highest BCUT2D eigenvalue weighted by atomic mass is 32.2. The first-order chi connectivity index (χ1) is 20.3. The number of benzene rings is 3. The smallest absolute Gasteiger partial charge is 0.229 e. The molecular formula is C31H35N5O5S.